The van der Waals surface area contributed by atoms with Crippen LogP contribution in [0.25, 0.3) is 0 Å². The van der Waals surface area contributed by atoms with Gasteiger partial charge in [0.1, 0.15) is 5.76 Å². The van der Waals surface area contributed by atoms with Gasteiger partial charge in [0.15, 0.2) is 0 Å². The molecule has 2 rings (SSSR count). The molecule has 19 heavy (non-hydrogen) atoms. The Balaban J connectivity index is 2.29. The highest BCUT2D eigenvalue weighted by molar-refractivity contribution is 6.06. The van der Waals surface area contributed by atoms with Gasteiger partial charge >= 0.3 is 0 Å². The maximum absolute atomic E-state index is 12.5. The van der Waals surface area contributed by atoms with Crippen molar-refractivity contribution in [1.29, 1.82) is 0 Å². The van der Waals surface area contributed by atoms with Crippen molar-refractivity contribution in [3.8, 4) is 0 Å². The number of carbonyl (C=O) groups excluding carboxylic acids is 1. The molecule has 0 bridgehead atoms. The molecule has 2 N–H and O–H groups in total. The molecule has 0 radical (unpaired) electrons. The van der Waals surface area contributed by atoms with E-state index in [-0.39, 0.29) is 5.91 Å². The Hall–Kier alpha value is -2.07. The lowest BCUT2D eigenvalue weighted by atomic mass is 10.1. The molecule has 1 heterocycles. The molecule has 1 amide bonds. The van der Waals surface area contributed by atoms with E-state index in [1.54, 1.807) is 17.9 Å². The molecule has 100 valence electrons. The second kappa shape index (κ2) is 5.71. The minimum absolute atomic E-state index is 0.0470. The SMILES string of the molecule is CCN(C(=O)c1ccoc1C)c1ccc(CN)cc1. The van der Waals surface area contributed by atoms with Crippen molar-refractivity contribution < 1.29 is 9.21 Å². The summed E-state index contributed by atoms with van der Waals surface area (Å²) in [6, 6.07) is 9.41. The number of aryl methyl sites for hydroxylation is 1. The van der Waals surface area contributed by atoms with Crippen LogP contribution in [0.5, 0.6) is 0 Å². The molecule has 0 aliphatic heterocycles. The molecule has 0 saturated heterocycles. The molecular formula is C15H18N2O2. The summed E-state index contributed by atoms with van der Waals surface area (Å²) in [6.45, 7) is 4.84. The van der Waals surface area contributed by atoms with Crippen LogP contribution >= 0.6 is 0 Å². The van der Waals surface area contributed by atoms with Crippen molar-refractivity contribution in [3.05, 3.63) is 53.5 Å². The molecule has 2 aromatic rings. The monoisotopic (exact) mass is 258 g/mol. The van der Waals surface area contributed by atoms with E-state index in [9.17, 15) is 4.79 Å². The van der Waals surface area contributed by atoms with Crippen LogP contribution in [-0.2, 0) is 6.54 Å². The van der Waals surface area contributed by atoms with E-state index in [1.807, 2.05) is 31.2 Å². The van der Waals surface area contributed by atoms with Gasteiger partial charge in [0.05, 0.1) is 11.8 Å². The molecule has 0 aliphatic carbocycles. The first-order valence-electron chi connectivity index (χ1n) is 6.32. The zero-order chi connectivity index (χ0) is 13.8. The number of nitrogens with two attached hydrogens (primary N) is 1. The van der Waals surface area contributed by atoms with Crippen LogP contribution in [0.2, 0.25) is 0 Å². The standard InChI is InChI=1S/C15H18N2O2/c1-3-17(13-6-4-12(10-16)5-7-13)15(18)14-8-9-19-11(14)2/h4-9H,3,10,16H2,1-2H3. The van der Waals surface area contributed by atoms with Gasteiger partial charge in [0, 0.05) is 18.8 Å². The number of benzene rings is 1. The number of nitrogens with zero attached hydrogens (tertiary/aromatic N) is 1. The zero-order valence-corrected chi connectivity index (χ0v) is 11.2. The predicted molar refractivity (Wildman–Crippen MR) is 75.1 cm³/mol. The van der Waals surface area contributed by atoms with E-state index in [0.29, 0.717) is 24.4 Å². The van der Waals surface area contributed by atoms with E-state index in [4.69, 9.17) is 10.2 Å². The highest BCUT2D eigenvalue weighted by Crippen LogP contribution is 2.20. The van der Waals surface area contributed by atoms with Gasteiger partial charge in [-0.05, 0) is 37.6 Å². The molecule has 0 atom stereocenters. The molecule has 0 aliphatic rings. The molecular weight excluding hydrogens is 240 g/mol. The van der Waals surface area contributed by atoms with Crippen LogP contribution < -0.4 is 10.6 Å². The number of amides is 1. The Morgan fingerprint density at radius 1 is 1.26 bits per heavy atom. The van der Waals surface area contributed by atoms with E-state index in [2.05, 4.69) is 0 Å². The third kappa shape index (κ3) is 2.69. The van der Waals surface area contributed by atoms with E-state index >= 15 is 0 Å². The van der Waals surface area contributed by atoms with Crippen molar-refractivity contribution in [2.24, 2.45) is 5.73 Å². The molecule has 0 saturated carbocycles. The predicted octanol–water partition coefficient (Wildman–Crippen LogP) is 2.71. The highest BCUT2D eigenvalue weighted by atomic mass is 16.3. The van der Waals surface area contributed by atoms with E-state index < -0.39 is 0 Å². The lowest BCUT2D eigenvalue weighted by molar-refractivity contribution is 0.0987. The first-order valence-corrected chi connectivity index (χ1v) is 6.32. The summed E-state index contributed by atoms with van der Waals surface area (Å²) < 4.78 is 5.19. The molecule has 4 heteroatoms. The summed E-state index contributed by atoms with van der Waals surface area (Å²) in [7, 11) is 0. The summed E-state index contributed by atoms with van der Waals surface area (Å²) in [5.41, 5.74) is 8.09. The first-order chi connectivity index (χ1) is 9.17. The van der Waals surface area contributed by atoms with E-state index in [1.165, 1.54) is 6.26 Å². The quantitative estimate of drug-likeness (QED) is 0.917. The van der Waals surface area contributed by atoms with Gasteiger partial charge in [-0.15, -0.1) is 0 Å². The molecule has 1 aromatic carbocycles. The number of hydrogen-bond acceptors (Lipinski definition) is 3. The van der Waals surface area contributed by atoms with Crippen LogP contribution in [0.15, 0.2) is 41.0 Å². The van der Waals surface area contributed by atoms with Gasteiger partial charge in [0.25, 0.3) is 5.91 Å². The zero-order valence-electron chi connectivity index (χ0n) is 11.2. The minimum Gasteiger partial charge on any atom is -0.469 e. The molecule has 0 unspecified atom stereocenters. The summed E-state index contributed by atoms with van der Waals surface area (Å²) in [4.78, 5) is 14.2. The molecule has 0 spiro atoms. The van der Waals surface area contributed by atoms with E-state index in [0.717, 1.165) is 11.3 Å². The van der Waals surface area contributed by atoms with Crippen LogP contribution in [0.3, 0.4) is 0 Å². The lowest BCUT2D eigenvalue weighted by Crippen LogP contribution is -2.30. The van der Waals surface area contributed by atoms with Crippen LogP contribution in [0.1, 0.15) is 28.6 Å². The van der Waals surface area contributed by atoms with Crippen molar-refractivity contribution in [1.82, 2.24) is 0 Å². The number of anilines is 1. The van der Waals surface area contributed by atoms with Crippen LogP contribution in [-0.4, -0.2) is 12.5 Å². The van der Waals surface area contributed by atoms with Crippen molar-refractivity contribution >= 4 is 11.6 Å². The number of carbonyl (C=O) groups is 1. The second-order valence-electron chi connectivity index (χ2n) is 4.31. The summed E-state index contributed by atoms with van der Waals surface area (Å²) in [5.74, 6) is 0.594. The van der Waals surface area contributed by atoms with Crippen molar-refractivity contribution in [3.63, 3.8) is 0 Å². The van der Waals surface area contributed by atoms with Crippen molar-refractivity contribution in [2.45, 2.75) is 20.4 Å². The topological polar surface area (TPSA) is 59.5 Å². The summed E-state index contributed by atoms with van der Waals surface area (Å²) in [5, 5.41) is 0. The number of hydrogen-bond donors (Lipinski definition) is 1. The maximum atomic E-state index is 12.5. The van der Waals surface area contributed by atoms with Gasteiger partial charge in [-0.25, -0.2) is 0 Å². The molecule has 1 aromatic heterocycles. The van der Waals surface area contributed by atoms with Gasteiger partial charge in [-0.2, -0.15) is 0 Å². The molecule has 4 nitrogen and oxygen atoms in total. The van der Waals surface area contributed by atoms with Crippen LogP contribution in [0.4, 0.5) is 5.69 Å². The normalized spacial score (nSPS) is 10.5. The second-order valence-corrected chi connectivity index (χ2v) is 4.31. The van der Waals surface area contributed by atoms with Gasteiger partial charge < -0.3 is 15.1 Å². The fraction of sp³-hybridized carbons (Fsp3) is 0.267. The third-order valence-corrected chi connectivity index (χ3v) is 3.13. The minimum atomic E-state index is -0.0470. The van der Waals surface area contributed by atoms with Gasteiger partial charge in [0.2, 0.25) is 0 Å². The largest absolute Gasteiger partial charge is 0.469 e. The Kier molecular flexibility index (Phi) is 4.02. The first kappa shape index (κ1) is 13.4. The average molecular weight is 258 g/mol. The summed E-state index contributed by atoms with van der Waals surface area (Å²) >= 11 is 0. The van der Waals surface area contributed by atoms with Gasteiger partial charge in [-0.3, -0.25) is 4.79 Å². The number of furan rings is 1. The maximum Gasteiger partial charge on any atom is 0.261 e. The Bertz CT molecular complexity index is 558. The summed E-state index contributed by atoms with van der Waals surface area (Å²) in [6.07, 6.45) is 1.54. The third-order valence-electron chi connectivity index (χ3n) is 3.13. The fourth-order valence-electron chi connectivity index (χ4n) is 2.01. The van der Waals surface area contributed by atoms with Crippen LogP contribution in [0, 0.1) is 6.92 Å². The highest BCUT2D eigenvalue weighted by Gasteiger charge is 2.19. The average Bonchev–Trinajstić information content (AvgIpc) is 2.86. The number of rotatable bonds is 4. The fourth-order valence-corrected chi connectivity index (χ4v) is 2.01. The lowest BCUT2D eigenvalue weighted by Gasteiger charge is -2.21. The van der Waals surface area contributed by atoms with Gasteiger partial charge in [-0.1, -0.05) is 12.1 Å². The van der Waals surface area contributed by atoms with Crippen molar-refractivity contribution in [2.75, 3.05) is 11.4 Å². The Morgan fingerprint density at radius 3 is 2.42 bits per heavy atom. The molecule has 0 fully saturated rings. The Morgan fingerprint density at radius 2 is 1.95 bits per heavy atom. The smallest absolute Gasteiger partial charge is 0.261 e. The Labute approximate surface area is 112 Å².